The molecule has 0 atom stereocenters. The lowest BCUT2D eigenvalue weighted by Crippen LogP contribution is -1.87. The zero-order valence-corrected chi connectivity index (χ0v) is 11.0. The maximum absolute atomic E-state index is 12.7. The summed E-state index contributed by atoms with van der Waals surface area (Å²) in [7, 11) is 0. The van der Waals surface area contributed by atoms with Crippen molar-refractivity contribution < 1.29 is 8.78 Å². The predicted octanol–water partition coefficient (Wildman–Crippen LogP) is 5.39. The number of nitrogens with zero attached hydrogens (tertiary/aromatic N) is 2. The first-order valence-electron chi connectivity index (χ1n) is 6.64. The van der Waals surface area contributed by atoms with Gasteiger partial charge in [-0.25, -0.2) is 0 Å². The van der Waals surface area contributed by atoms with Gasteiger partial charge >= 0.3 is 0 Å². The van der Waals surface area contributed by atoms with Crippen LogP contribution in [0, 0.1) is 0 Å². The number of hydrogen-bond donors (Lipinski definition) is 0. The van der Waals surface area contributed by atoms with Gasteiger partial charge in [0.2, 0.25) is 0 Å². The molecule has 0 N–H and O–H groups in total. The summed E-state index contributed by atoms with van der Waals surface area (Å²) in [6, 6.07) is 15.9. The number of fused-ring (bicyclic) bond motifs is 3. The van der Waals surface area contributed by atoms with Crippen molar-refractivity contribution in [1.29, 1.82) is 0 Å². The summed E-state index contributed by atoms with van der Waals surface area (Å²) in [6.45, 7) is 0. The van der Waals surface area contributed by atoms with Crippen LogP contribution in [0.4, 0.5) is 8.78 Å². The summed E-state index contributed by atoms with van der Waals surface area (Å²) >= 11 is 0. The van der Waals surface area contributed by atoms with Crippen LogP contribution in [-0.4, -0.2) is 0 Å². The molecule has 0 unspecified atom stereocenters. The fraction of sp³-hybridized carbons (Fsp3) is 0.0588. The predicted molar refractivity (Wildman–Crippen MR) is 76.6 cm³/mol. The Morgan fingerprint density at radius 1 is 0.762 bits per heavy atom. The van der Waals surface area contributed by atoms with Crippen LogP contribution in [0.5, 0.6) is 0 Å². The van der Waals surface area contributed by atoms with E-state index < -0.39 is 6.08 Å². The standard InChI is InChI=1S/C17H10F2N2/c18-17(19)15-9-14(20-21-15)16-12-7-3-1-5-10(12)11-6-2-4-8-13(11)16/h1-8H,9H2. The second-order valence-corrected chi connectivity index (χ2v) is 5.00. The molecule has 21 heavy (non-hydrogen) atoms. The van der Waals surface area contributed by atoms with Gasteiger partial charge < -0.3 is 0 Å². The lowest BCUT2D eigenvalue weighted by molar-refractivity contribution is 0.409. The molecule has 0 amide bonds. The molecule has 2 nitrogen and oxygen atoms in total. The van der Waals surface area contributed by atoms with Crippen LogP contribution in [0.2, 0.25) is 0 Å². The third-order valence-electron chi connectivity index (χ3n) is 3.82. The summed E-state index contributed by atoms with van der Waals surface area (Å²) in [4.78, 5) is 0. The molecule has 0 fully saturated rings. The molecule has 102 valence electrons. The highest BCUT2D eigenvalue weighted by Gasteiger charge is 2.28. The summed E-state index contributed by atoms with van der Waals surface area (Å²) in [5.41, 5.74) is 5.59. The van der Waals surface area contributed by atoms with Gasteiger partial charge in [0.25, 0.3) is 6.08 Å². The molecule has 1 heterocycles. The summed E-state index contributed by atoms with van der Waals surface area (Å²) in [5.74, 6) is 0. The average Bonchev–Trinajstić information content (AvgIpc) is 3.09. The van der Waals surface area contributed by atoms with E-state index in [0.717, 1.165) is 27.8 Å². The molecule has 4 rings (SSSR count). The van der Waals surface area contributed by atoms with Crippen molar-refractivity contribution in [2.45, 2.75) is 6.42 Å². The number of halogens is 2. The van der Waals surface area contributed by atoms with Crippen molar-refractivity contribution in [2.75, 3.05) is 0 Å². The smallest absolute Gasteiger partial charge is 0.171 e. The quantitative estimate of drug-likeness (QED) is 0.527. The van der Waals surface area contributed by atoms with E-state index in [9.17, 15) is 8.78 Å². The van der Waals surface area contributed by atoms with Crippen molar-refractivity contribution in [3.8, 4) is 11.1 Å². The van der Waals surface area contributed by atoms with Crippen LogP contribution in [0.25, 0.3) is 16.7 Å². The van der Waals surface area contributed by atoms with E-state index in [1.54, 1.807) is 0 Å². The van der Waals surface area contributed by atoms with Crippen LogP contribution in [0.1, 0.15) is 17.5 Å². The van der Waals surface area contributed by atoms with Crippen LogP contribution in [0.15, 0.2) is 76.2 Å². The first-order valence-corrected chi connectivity index (χ1v) is 6.64. The van der Waals surface area contributed by atoms with Gasteiger partial charge in [0.1, 0.15) is 5.70 Å². The molecule has 0 saturated heterocycles. The minimum absolute atomic E-state index is 0.0837. The van der Waals surface area contributed by atoms with Gasteiger partial charge in [-0.05, 0) is 22.3 Å². The first-order chi connectivity index (χ1) is 10.3. The lowest BCUT2D eigenvalue weighted by Gasteiger charge is -2.04. The number of hydrogen-bond acceptors (Lipinski definition) is 2. The average molecular weight is 280 g/mol. The Hall–Kier alpha value is -2.62. The molecule has 0 saturated carbocycles. The zero-order valence-electron chi connectivity index (χ0n) is 11.0. The second-order valence-electron chi connectivity index (χ2n) is 5.00. The number of benzene rings is 2. The summed E-state index contributed by atoms with van der Waals surface area (Å²) in [5, 5.41) is 7.59. The van der Waals surface area contributed by atoms with Gasteiger partial charge in [-0.1, -0.05) is 48.5 Å². The van der Waals surface area contributed by atoms with Crippen molar-refractivity contribution in [3.05, 3.63) is 77.1 Å². The number of azo groups is 1. The van der Waals surface area contributed by atoms with Gasteiger partial charge in [0.05, 0.1) is 5.70 Å². The molecule has 0 spiro atoms. The highest BCUT2D eigenvalue weighted by Crippen LogP contribution is 2.47. The van der Waals surface area contributed by atoms with Crippen molar-refractivity contribution in [1.82, 2.24) is 0 Å². The monoisotopic (exact) mass is 280 g/mol. The van der Waals surface area contributed by atoms with E-state index in [0.29, 0.717) is 5.70 Å². The third kappa shape index (κ3) is 1.76. The largest absolute Gasteiger partial charge is 0.293 e. The Balaban J connectivity index is 1.99. The molecule has 2 aromatic rings. The summed E-state index contributed by atoms with van der Waals surface area (Å²) < 4.78 is 25.4. The van der Waals surface area contributed by atoms with Crippen molar-refractivity contribution in [3.63, 3.8) is 0 Å². The Labute approximate surface area is 120 Å². The van der Waals surface area contributed by atoms with E-state index in [1.807, 2.05) is 48.5 Å². The molecule has 0 aromatic heterocycles. The molecule has 1 aliphatic heterocycles. The Kier molecular flexibility index (Phi) is 2.57. The minimum atomic E-state index is -1.76. The van der Waals surface area contributed by atoms with Gasteiger partial charge in [-0.3, -0.25) is 0 Å². The lowest BCUT2D eigenvalue weighted by atomic mass is 10.0. The normalized spacial score (nSPS) is 15.4. The molecular weight excluding hydrogens is 270 g/mol. The Morgan fingerprint density at radius 2 is 1.29 bits per heavy atom. The maximum atomic E-state index is 12.7. The molecule has 4 heteroatoms. The van der Waals surface area contributed by atoms with Crippen molar-refractivity contribution >= 4 is 5.57 Å². The molecule has 0 radical (unpaired) electrons. The fourth-order valence-corrected chi connectivity index (χ4v) is 2.92. The molecular formula is C17H10F2N2. The molecule has 1 aliphatic carbocycles. The second kappa shape index (κ2) is 4.45. The highest BCUT2D eigenvalue weighted by molar-refractivity contribution is 6.02. The topological polar surface area (TPSA) is 24.7 Å². The van der Waals surface area contributed by atoms with E-state index in [-0.39, 0.29) is 12.1 Å². The first kappa shape index (κ1) is 12.1. The maximum Gasteiger partial charge on any atom is 0.293 e. The van der Waals surface area contributed by atoms with Crippen LogP contribution in [0.3, 0.4) is 0 Å². The molecule has 0 bridgehead atoms. The van der Waals surface area contributed by atoms with E-state index >= 15 is 0 Å². The van der Waals surface area contributed by atoms with Crippen molar-refractivity contribution in [2.24, 2.45) is 10.2 Å². The number of rotatable bonds is 0. The third-order valence-corrected chi connectivity index (χ3v) is 3.82. The van der Waals surface area contributed by atoms with E-state index in [2.05, 4.69) is 10.2 Å². The molecule has 2 aliphatic rings. The van der Waals surface area contributed by atoms with Gasteiger partial charge in [-0.15, -0.1) is 5.11 Å². The van der Waals surface area contributed by atoms with Crippen LogP contribution >= 0.6 is 0 Å². The summed E-state index contributed by atoms with van der Waals surface area (Å²) in [6.07, 6.45) is -1.67. The van der Waals surface area contributed by atoms with Gasteiger partial charge in [0.15, 0.2) is 0 Å². The SMILES string of the molecule is FC(F)=C1CC(=C2c3ccccc3-c3ccccc32)N=N1. The minimum Gasteiger partial charge on any atom is -0.171 e. The molecule has 2 aromatic carbocycles. The van der Waals surface area contributed by atoms with Gasteiger partial charge in [-0.2, -0.15) is 13.9 Å². The Bertz CT molecular complexity index is 796. The Morgan fingerprint density at radius 3 is 1.76 bits per heavy atom. The van der Waals surface area contributed by atoms with Crippen LogP contribution in [-0.2, 0) is 0 Å². The van der Waals surface area contributed by atoms with E-state index in [1.165, 1.54) is 0 Å². The highest BCUT2D eigenvalue weighted by atomic mass is 19.3. The van der Waals surface area contributed by atoms with E-state index in [4.69, 9.17) is 0 Å². The zero-order chi connectivity index (χ0) is 14.4. The van der Waals surface area contributed by atoms with Gasteiger partial charge in [0, 0.05) is 12.0 Å². The fourth-order valence-electron chi connectivity index (χ4n) is 2.92. The van der Waals surface area contributed by atoms with Crippen LogP contribution < -0.4 is 0 Å².